The highest BCUT2D eigenvalue weighted by Crippen LogP contribution is 2.28. The second-order valence-corrected chi connectivity index (χ2v) is 9.35. The average molecular weight is 450 g/mol. The van der Waals surface area contributed by atoms with Crippen LogP contribution >= 0.6 is 0 Å². The molecular formula is C27H35N3O3. The van der Waals surface area contributed by atoms with Crippen LogP contribution in [0.5, 0.6) is 5.75 Å². The van der Waals surface area contributed by atoms with Gasteiger partial charge in [-0.3, -0.25) is 9.59 Å². The first-order valence-corrected chi connectivity index (χ1v) is 12.2. The minimum Gasteiger partial charge on any atom is -0.497 e. The normalized spacial score (nSPS) is 20.9. The Hall–Kier alpha value is -2.86. The number of carbonyl (C=O) groups excluding carboxylic acids is 2. The Morgan fingerprint density at radius 1 is 1.00 bits per heavy atom. The van der Waals surface area contributed by atoms with Gasteiger partial charge < -0.3 is 20.7 Å². The van der Waals surface area contributed by atoms with Crippen molar-refractivity contribution in [2.24, 2.45) is 11.7 Å². The van der Waals surface area contributed by atoms with E-state index in [1.807, 2.05) is 41.3 Å². The molecule has 0 aliphatic heterocycles. The number of nitrogens with zero attached hydrogens (tertiary/aromatic N) is 1. The maximum Gasteiger partial charge on any atom is 0.254 e. The van der Waals surface area contributed by atoms with Crippen molar-refractivity contribution in [3.05, 3.63) is 59.7 Å². The lowest BCUT2D eigenvalue weighted by molar-refractivity contribution is -0.119. The Morgan fingerprint density at radius 3 is 2.39 bits per heavy atom. The van der Waals surface area contributed by atoms with E-state index in [-0.39, 0.29) is 29.8 Å². The fourth-order valence-corrected chi connectivity index (χ4v) is 5.14. The van der Waals surface area contributed by atoms with Gasteiger partial charge in [-0.25, -0.2) is 0 Å². The van der Waals surface area contributed by atoms with Crippen molar-refractivity contribution in [1.82, 2.24) is 4.90 Å². The monoisotopic (exact) mass is 449 g/mol. The summed E-state index contributed by atoms with van der Waals surface area (Å²) >= 11 is 0. The molecule has 2 aromatic carbocycles. The number of anilines is 1. The number of benzene rings is 2. The Bertz CT molecular complexity index is 953. The molecular weight excluding hydrogens is 414 g/mol. The zero-order valence-electron chi connectivity index (χ0n) is 19.5. The summed E-state index contributed by atoms with van der Waals surface area (Å²) in [4.78, 5) is 28.1. The van der Waals surface area contributed by atoms with Crippen molar-refractivity contribution in [1.29, 1.82) is 0 Å². The number of nitrogens with two attached hydrogens (primary N) is 1. The van der Waals surface area contributed by atoms with Crippen molar-refractivity contribution in [3.63, 3.8) is 0 Å². The van der Waals surface area contributed by atoms with Gasteiger partial charge in [-0.2, -0.15) is 0 Å². The number of amides is 2. The van der Waals surface area contributed by atoms with E-state index in [9.17, 15) is 9.59 Å². The SMILES string of the molecule is COc1ccc(C(=O)N(Cc2cccc(NC(=O)C3CCCC3)c2)C2CCCCC2N)cc1. The highest BCUT2D eigenvalue weighted by molar-refractivity contribution is 5.95. The van der Waals surface area contributed by atoms with E-state index in [4.69, 9.17) is 10.5 Å². The number of rotatable bonds is 7. The van der Waals surface area contributed by atoms with Crippen LogP contribution in [0.3, 0.4) is 0 Å². The van der Waals surface area contributed by atoms with Crippen LogP contribution in [0.2, 0.25) is 0 Å². The summed E-state index contributed by atoms with van der Waals surface area (Å²) < 4.78 is 5.24. The van der Waals surface area contributed by atoms with Gasteiger partial charge in [0.2, 0.25) is 5.91 Å². The number of nitrogens with one attached hydrogen (secondary N) is 1. The van der Waals surface area contributed by atoms with E-state index in [2.05, 4.69) is 5.32 Å². The topological polar surface area (TPSA) is 84.7 Å². The molecule has 2 atom stereocenters. The lowest BCUT2D eigenvalue weighted by Crippen LogP contribution is -2.51. The molecule has 2 aliphatic carbocycles. The van der Waals surface area contributed by atoms with Crippen LogP contribution in [0.15, 0.2) is 48.5 Å². The Labute approximate surface area is 196 Å². The van der Waals surface area contributed by atoms with Crippen LogP contribution in [0.1, 0.15) is 67.3 Å². The number of carbonyl (C=O) groups is 2. The second kappa shape index (κ2) is 10.8. The number of hydrogen-bond acceptors (Lipinski definition) is 4. The first-order chi connectivity index (χ1) is 16.0. The fourth-order valence-electron chi connectivity index (χ4n) is 5.14. The number of methoxy groups -OCH3 is 1. The Morgan fingerprint density at radius 2 is 1.70 bits per heavy atom. The first-order valence-electron chi connectivity index (χ1n) is 12.2. The molecule has 0 saturated heterocycles. The molecule has 2 aliphatic rings. The van der Waals surface area contributed by atoms with Crippen LogP contribution in [0, 0.1) is 5.92 Å². The maximum atomic E-state index is 13.6. The summed E-state index contributed by atoms with van der Waals surface area (Å²) in [6.45, 7) is 0.455. The van der Waals surface area contributed by atoms with Gasteiger partial charge in [-0.15, -0.1) is 0 Å². The van der Waals surface area contributed by atoms with Crippen molar-refractivity contribution in [3.8, 4) is 5.75 Å². The summed E-state index contributed by atoms with van der Waals surface area (Å²) in [5, 5.41) is 3.08. The highest BCUT2D eigenvalue weighted by atomic mass is 16.5. The molecule has 176 valence electrons. The predicted octanol–water partition coefficient (Wildman–Crippen LogP) is 4.74. The minimum absolute atomic E-state index is 0.00918. The highest BCUT2D eigenvalue weighted by Gasteiger charge is 2.31. The van der Waals surface area contributed by atoms with Gasteiger partial charge in [0.05, 0.1) is 7.11 Å². The van der Waals surface area contributed by atoms with Gasteiger partial charge in [-0.05, 0) is 67.6 Å². The van der Waals surface area contributed by atoms with E-state index in [0.717, 1.165) is 68.4 Å². The van der Waals surface area contributed by atoms with Gasteiger partial charge in [0.25, 0.3) is 5.91 Å². The molecule has 6 nitrogen and oxygen atoms in total. The standard InChI is InChI=1S/C27H35N3O3/c1-33-23-15-13-21(14-16-23)27(32)30(25-12-5-4-11-24(25)28)18-19-7-6-10-22(17-19)29-26(31)20-8-2-3-9-20/h6-7,10,13-17,20,24-25H,2-5,8-9,11-12,18,28H2,1H3,(H,29,31). The fraction of sp³-hybridized carbons (Fsp3) is 0.481. The molecule has 33 heavy (non-hydrogen) atoms. The molecule has 0 bridgehead atoms. The van der Waals surface area contributed by atoms with Gasteiger partial charge in [0.15, 0.2) is 0 Å². The van der Waals surface area contributed by atoms with Gasteiger partial charge in [-0.1, -0.05) is 37.8 Å². The third-order valence-electron chi connectivity index (χ3n) is 7.05. The lowest BCUT2D eigenvalue weighted by atomic mass is 9.89. The van der Waals surface area contributed by atoms with E-state index in [1.165, 1.54) is 0 Å². The average Bonchev–Trinajstić information content (AvgIpc) is 3.38. The van der Waals surface area contributed by atoms with Crippen LogP contribution < -0.4 is 15.8 Å². The van der Waals surface area contributed by atoms with E-state index < -0.39 is 0 Å². The number of hydrogen-bond donors (Lipinski definition) is 2. The summed E-state index contributed by atoms with van der Waals surface area (Å²) in [6.07, 6.45) is 8.19. The zero-order chi connectivity index (χ0) is 23.2. The number of ether oxygens (including phenoxy) is 1. The minimum atomic E-state index is -0.0359. The molecule has 2 fully saturated rings. The largest absolute Gasteiger partial charge is 0.497 e. The zero-order valence-corrected chi connectivity index (χ0v) is 19.5. The molecule has 3 N–H and O–H groups in total. The Balaban J connectivity index is 1.54. The molecule has 0 radical (unpaired) electrons. The van der Waals surface area contributed by atoms with Crippen LogP contribution in [-0.4, -0.2) is 35.9 Å². The van der Waals surface area contributed by atoms with Crippen molar-refractivity contribution in [2.45, 2.75) is 70.0 Å². The third kappa shape index (κ3) is 5.74. The van der Waals surface area contributed by atoms with E-state index in [0.29, 0.717) is 12.1 Å². The molecule has 2 aromatic rings. The smallest absolute Gasteiger partial charge is 0.254 e. The quantitative estimate of drug-likeness (QED) is 0.640. The second-order valence-electron chi connectivity index (χ2n) is 9.35. The van der Waals surface area contributed by atoms with Crippen molar-refractivity contribution >= 4 is 17.5 Å². The third-order valence-corrected chi connectivity index (χ3v) is 7.05. The van der Waals surface area contributed by atoms with E-state index >= 15 is 0 Å². The van der Waals surface area contributed by atoms with Crippen LogP contribution in [0.4, 0.5) is 5.69 Å². The summed E-state index contributed by atoms with van der Waals surface area (Å²) in [7, 11) is 1.61. The summed E-state index contributed by atoms with van der Waals surface area (Å²) in [6, 6.07) is 15.0. The predicted molar refractivity (Wildman–Crippen MR) is 130 cm³/mol. The molecule has 4 rings (SSSR count). The lowest BCUT2D eigenvalue weighted by Gasteiger charge is -2.38. The van der Waals surface area contributed by atoms with Crippen molar-refractivity contribution in [2.75, 3.05) is 12.4 Å². The van der Waals surface area contributed by atoms with Crippen LogP contribution in [-0.2, 0) is 11.3 Å². The van der Waals surface area contributed by atoms with Crippen LogP contribution in [0.25, 0.3) is 0 Å². The molecule has 0 heterocycles. The van der Waals surface area contributed by atoms with Gasteiger partial charge >= 0.3 is 0 Å². The van der Waals surface area contributed by atoms with Crippen molar-refractivity contribution < 1.29 is 14.3 Å². The summed E-state index contributed by atoms with van der Waals surface area (Å²) in [5.74, 6) is 0.908. The summed E-state index contributed by atoms with van der Waals surface area (Å²) in [5.41, 5.74) is 8.89. The molecule has 0 spiro atoms. The first kappa shape index (κ1) is 23.3. The van der Waals surface area contributed by atoms with E-state index in [1.54, 1.807) is 19.2 Å². The molecule has 6 heteroatoms. The molecule has 2 unspecified atom stereocenters. The Kier molecular flexibility index (Phi) is 7.65. The molecule has 0 aromatic heterocycles. The molecule has 2 saturated carbocycles. The maximum absolute atomic E-state index is 13.6. The molecule has 2 amide bonds. The van der Waals surface area contributed by atoms with Gasteiger partial charge in [0.1, 0.15) is 5.75 Å². The van der Waals surface area contributed by atoms with Gasteiger partial charge in [0, 0.05) is 35.8 Å².